The van der Waals surface area contributed by atoms with Crippen molar-refractivity contribution < 1.29 is 9.72 Å². The molecule has 0 aliphatic rings. The molecule has 1 heterocycles. The average Bonchev–Trinajstić information content (AvgIpc) is 2.93. The van der Waals surface area contributed by atoms with E-state index in [0.29, 0.717) is 24.3 Å². The number of aromatic nitrogens is 1. The Kier molecular flexibility index (Phi) is 4.69. The van der Waals surface area contributed by atoms with Crippen LogP contribution in [-0.2, 0) is 4.79 Å². The maximum Gasteiger partial charge on any atom is 0.319 e. The normalized spacial score (nSPS) is 10.6. The Balaban J connectivity index is 2.24. The van der Waals surface area contributed by atoms with E-state index in [1.54, 1.807) is 22.5 Å². The van der Waals surface area contributed by atoms with Gasteiger partial charge in [0, 0.05) is 13.1 Å². The molecular weight excluding hydrogens is 292 g/mol. The van der Waals surface area contributed by atoms with E-state index in [0.717, 1.165) is 4.70 Å². The van der Waals surface area contributed by atoms with Gasteiger partial charge in [0.25, 0.3) is 0 Å². The molecule has 112 valence electrons. The number of anilines is 1. The molecule has 1 aromatic heterocycles. The number of likely N-dealkylation sites (N-methyl/N-ethyl adjacent to an activating group) is 1. The summed E-state index contributed by atoms with van der Waals surface area (Å²) in [6.07, 6.45) is 0. The van der Waals surface area contributed by atoms with E-state index in [9.17, 15) is 14.9 Å². The number of nitro groups is 1. The fourth-order valence-electron chi connectivity index (χ4n) is 2.10. The molecular formula is C13H16N4O3S. The first-order valence-corrected chi connectivity index (χ1v) is 7.48. The van der Waals surface area contributed by atoms with Crippen LogP contribution in [0.5, 0.6) is 0 Å². The van der Waals surface area contributed by atoms with Crippen LogP contribution in [0.2, 0.25) is 0 Å². The molecule has 0 fully saturated rings. The summed E-state index contributed by atoms with van der Waals surface area (Å²) in [5.41, 5.74) is 2.16. The quantitative estimate of drug-likeness (QED) is 0.654. The van der Waals surface area contributed by atoms with E-state index in [1.165, 1.54) is 11.3 Å². The summed E-state index contributed by atoms with van der Waals surface area (Å²) >= 11 is 1.35. The number of nitrogens with zero attached hydrogens (tertiary/aromatic N) is 3. The van der Waals surface area contributed by atoms with Crippen LogP contribution in [0.4, 0.5) is 11.4 Å². The lowest BCUT2D eigenvalue weighted by atomic mass is 10.2. The van der Waals surface area contributed by atoms with Gasteiger partial charge in [-0.3, -0.25) is 14.9 Å². The van der Waals surface area contributed by atoms with Gasteiger partial charge in [0.05, 0.1) is 21.7 Å². The highest BCUT2D eigenvalue weighted by molar-refractivity contribution is 7.16. The Bertz CT molecular complexity index is 666. The molecule has 2 aromatic rings. The van der Waals surface area contributed by atoms with Crippen molar-refractivity contribution in [3.8, 4) is 0 Å². The minimum Gasteiger partial charge on any atom is -0.370 e. The Hall–Kier alpha value is -2.22. The molecule has 0 aliphatic carbocycles. The van der Waals surface area contributed by atoms with Crippen LogP contribution < -0.4 is 5.32 Å². The lowest BCUT2D eigenvalue weighted by Crippen LogP contribution is -2.35. The molecule has 1 N–H and O–H groups in total. The third-order valence-corrected chi connectivity index (χ3v) is 4.00. The van der Waals surface area contributed by atoms with E-state index < -0.39 is 4.92 Å². The van der Waals surface area contributed by atoms with Crippen LogP contribution in [0.1, 0.15) is 13.8 Å². The van der Waals surface area contributed by atoms with Crippen molar-refractivity contribution in [1.82, 2.24) is 9.88 Å². The second-order valence-electron chi connectivity index (χ2n) is 4.34. The van der Waals surface area contributed by atoms with Gasteiger partial charge >= 0.3 is 5.69 Å². The highest BCUT2D eigenvalue weighted by Gasteiger charge is 2.21. The molecule has 1 aromatic carbocycles. The number of fused-ring (bicyclic) bond motifs is 1. The van der Waals surface area contributed by atoms with Crippen LogP contribution in [0.3, 0.4) is 0 Å². The number of hydrogen-bond donors (Lipinski definition) is 1. The summed E-state index contributed by atoms with van der Waals surface area (Å²) in [6.45, 7) is 5.04. The van der Waals surface area contributed by atoms with Gasteiger partial charge in [0.2, 0.25) is 5.91 Å². The number of nitro benzene ring substituents is 1. The zero-order valence-corrected chi connectivity index (χ0v) is 12.6. The first-order valence-electron chi connectivity index (χ1n) is 6.60. The van der Waals surface area contributed by atoms with Gasteiger partial charge in [-0.25, -0.2) is 4.98 Å². The molecule has 0 saturated carbocycles. The Morgan fingerprint density at radius 2 is 2.14 bits per heavy atom. The fourth-order valence-corrected chi connectivity index (χ4v) is 2.78. The monoisotopic (exact) mass is 308 g/mol. The Labute approximate surface area is 125 Å². The van der Waals surface area contributed by atoms with Crippen LogP contribution in [-0.4, -0.2) is 40.3 Å². The molecule has 0 spiro atoms. The van der Waals surface area contributed by atoms with Crippen molar-refractivity contribution >= 4 is 38.8 Å². The third-order valence-electron chi connectivity index (χ3n) is 3.20. The predicted molar refractivity (Wildman–Crippen MR) is 82.7 cm³/mol. The van der Waals surface area contributed by atoms with Gasteiger partial charge in [0.1, 0.15) is 5.69 Å². The number of nitrogens with one attached hydrogen (secondary N) is 1. The Morgan fingerprint density at radius 3 is 2.76 bits per heavy atom. The van der Waals surface area contributed by atoms with E-state index in [1.807, 2.05) is 13.8 Å². The smallest absolute Gasteiger partial charge is 0.319 e. The van der Waals surface area contributed by atoms with Gasteiger partial charge in [-0.05, 0) is 26.0 Å². The number of carbonyl (C=O) groups excluding carboxylic acids is 1. The standard InChI is InChI=1S/C13H16N4O3S/c1-3-16(4-2)11(18)7-14-9-5-6-10-12(15-8-21-10)13(9)17(19)20/h5-6,8,14H,3-4,7H2,1-2H3. The molecule has 0 atom stereocenters. The second kappa shape index (κ2) is 6.49. The Morgan fingerprint density at radius 1 is 1.43 bits per heavy atom. The molecule has 21 heavy (non-hydrogen) atoms. The first kappa shape index (κ1) is 15.2. The number of amides is 1. The highest BCUT2D eigenvalue weighted by atomic mass is 32.1. The number of rotatable bonds is 6. The highest BCUT2D eigenvalue weighted by Crippen LogP contribution is 2.34. The zero-order valence-electron chi connectivity index (χ0n) is 11.8. The number of thiazole rings is 1. The minimum atomic E-state index is -0.466. The van der Waals surface area contributed by atoms with Gasteiger partial charge in [-0.2, -0.15) is 0 Å². The maximum absolute atomic E-state index is 12.0. The number of hydrogen-bond acceptors (Lipinski definition) is 6. The van der Waals surface area contributed by atoms with Crippen molar-refractivity contribution in [1.29, 1.82) is 0 Å². The average molecular weight is 308 g/mol. The minimum absolute atomic E-state index is 0.0260. The number of benzene rings is 1. The fraction of sp³-hybridized carbons (Fsp3) is 0.385. The lowest BCUT2D eigenvalue weighted by molar-refractivity contribution is -0.382. The zero-order chi connectivity index (χ0) is 15.4. The molecule has 0 bridgehead atoms. The van der Waals surface area contributed by atoms with Crippen molar-refractivity contribution in [2.75, 3.05) is 25.0 Å². The van der Waals surface area contributed by atoms with Gasteiger partial charge in [-0.1, -0.05) is 0 Å². The van der Waals surface area contributed by atoms with Gasteiger partial charge < -0.3 is 10.2 Å². The summed E-state index contributed by atoms with van der Waals surface area (Å²) < 4.78 is 0.752. The summed E-state index contributed by atoms with van der Waals surface area (Å²) in [7, 11) is 0. The van der Waals surface area contributed by atoms with E-state index >= 15 is 0 Å². The van der Waals surface area contributed by atoms with Crippen LogP contribution in [0.25, 0.3) is 10.2 Å². The molecule has 8 heteroatoms. The predicted octanol–water partition coefficient (Wildman–Crippen LogP) is 2.48. The molecule has 1 amide bonds. The summed E-state index contributed by atoms with van der Waals surface area (Å²) in [4.78, 5) is 28.5. The molecule has 0 aliphatic heterocycles. The van der Waals surface area contributed by atoms with Crippen molar-refractivity contribution in [2.24, 2.45) is 0 Å². The maximum atomic E-state index is 12.0. The lowest BCUT2D eigenvalue weighted by Gasteiger charge is -2.19. The summed E-state index contributed by atoms with van der Waals surface area (Å²) in [6, 6.07) is 3.39. The molecule has 0 saturated heterocycles. The topological polar surface area (TPSA) is 88.4 Å². The number of carbonyl (C=O) groups is 1. The second-order valence-corrected chi connectivity index (χ2v) is 5.22. The van der Waals surface area contributed by atoms with E-state index in [2.05, 4.69) is 10.3 Å². The van der Waals surface area contributed by atoms with E-state index in [-0.39, 0.29) is 18.1 Å². The van der Waals surface area contributed by atoms with Crippen LogP contribution in [0, 0.1) is 10.1 Å². The first-order chi connectivity index (χ1) is 10.1. The van der Waals surface area contributed by atoms with Crippen molar-refractivity contribution in [3.05, 3.63) is 27.8 Å². The SMILES string of the molecule is CCN(CC)C(=O)CNc1ccc2scnc2c1[N+](=O)[O-]. The van der Waals surface area contributed by atoms with Gasteiger partial charge in [-0.15, -0.1) is 11.3 Å². The van der Waals surface area contributed by atoms with E-state index in [4.69, 9.17) is 0 Å². The molecule has 0 radical (unpaired) electrons. The van der Waals surface area contributed by atoms with Crippen molar-refractivity contribution in [2.45, 2.75) is 13.8 Å². The largest absolute Gasteiger partial charge is 0.370 e. The van der Waals surface area contributed by atoms with Gasteiger partial charge in [0.15, 0.2) is 5.52 Å². The van der Waals surface area contributed by atoms with Crippen LogP contribution >= 0.6 is 11.3 Å². The van der Waals surface area contributed by atoms with Crippen LogP contribution in [0.15, 0.2) is 17.6 Å². The molecule has 2 rings (SSSR count). The van der Waals surface area contributed by atoms with Crippen molar-refractivity contribution in [3.63, 3.8) is 0 Å². The molecule has 0 unspecified atom stereocenters. The summed E-state index contributed by atoms with van der Waals surface area (Å²) in [5, 5.41) is 14.1. The summed E-state index contributed by atoms with van der Waals surface area (Å²) in [5.74, 6) is -0.0901. The third kappa shape index (κ3) is 3.10. The molecule has 7 nitrogen and oxygen atoms in total.